The Labute approximate surface area is 172 Å². The highest BCUT2D eigenvalue weighted by atomic mass is 16.5. The van der Waals surface area contributed by atoms with Gasteiger partial charge in [-0.1, -0.05) is 23.8 Å². The van der Waals surface area contributed by atoms with Crippen LogP contribution in [0.5, 0.6) is 17.2 Å². The number of carboxylic acid groups (broad SMARTS) is 1. The quantitative estimate of drug-likeness (QED) is 0.611. The summed E-state index contributed by atoms with van der Waals surface area (Å²) in [4.78, 5) is 13.4. The Morgan fingerprint density at radius 1 is 1.07 bits per heavy atom. The van der Waals surface area contributed by atoms with Crippen LogP contribution in [0.3, 0.4) is 0 Å². The van der Waals surface area contributed by atoms with Gasteiger partial charge in [0, 0.05) is 6.54 Å². The van der Waals surface area contributed by atoms with E-state index in [1.807, 2.05) is 61.2 Å². The van der Waals surface area contributed by atoms with E-state index in [9.17, 15) is 9.90 Å². The summed E-state index contributed by atoms with van der Waals surface area (Å²) in [6.07, 6.45) is 1.62. The third-order valence-corrected chi connectivity index (χ3v) is 4.97. The van der Waals surface area contributed by atoms with E-state index in [1.165, 1.54) is 5.56 Å². The number of benzene rings is 2. The molecule has 0 aliphatic carbocycles. The van der Waals surface area contributed by atoms with Gasteiger partial charge in [-0.2, -0.15) is 0 Å². The molecule has 3 rings (SSSR count). The van der Waals surface area contributed by atoms with Crippen LogP contribution in [0.25, 0.3) is 0 Å². The van der Waals surface area contributed by atoms with Crippen LogP contribution in [-0.4, -0.2) is 48.4 Å². The maximum Gasteiger partial charge on any atom is 0.320 e. The van der Waals surface area contributed by atoms with Gasteiger partial charge < -0.3 is 19.3 Å². The topological polar surface area (TPSA) is 68.2 Å². The van der Waals surface area contributed by atoms with Crippen molar-refractivity contribution in [2.75, 3.05) is 26.4 Å². The molecule has 0 bridgehead atoms. The second-order valence-corrected chi connectivity index (χ2v) is 7.19. The molecule has 2 aromatic rings. The largest absolute Gasteiger partial charge is 0.490 e. The summed E-state index contributed by atoms with van der Waals surface area (Å²) in [6, 6.07) is 13.3. The van der Waals surface area contributed by atoms with Crippen LogP contribution in [0.4, 0.5) is 0 Å². The first-order valence-corrected chi connectivity index (χ1v) is 10.1. The summed E-state index contributed by atoms with van der Waals surface area (Å²) in [5, 5.41) is 9.36. The lowest BCUT2D eigenvalue weighted by molar-refractivity contribution is -0.142. The van der Waals surface area contributed by atoms with Crippen LogP contribution in [-0.2, 0) is 11.3 Å². The molecule has 1 heterocycles. The van der Waals surface area contributed by atoms with Crippen molar-refractivity contribution in [1.82, 2.24) is 4.90 Å². The van der Waals surface area contributed by atoms with Crippen molar-refractivity contribution in [3.63, 3.8) is 0 Å². The van der Waals surface area contributed by atoms with E-state index >= 15 is 0 Å². The molecular formula is C23H29NO5. The molecule has 1 aliphatic heterocycles. The van der Waals surface area contributed by atoms with E-state index in [1.54, 1.807) is 0 Å². The third-order valence-electron chi connectivity index (χ3n) is 4.97. The van der Waals surface area contributed by atoms with Crippen molar-refractivity contribution in [3.05, 3.63) is 53.6 Å². The van der Waals surface area contributed by atoms with Crippen LogP contribution in [0.15, 0.2) is 42.5 Å². The maximum atomic E-state index is 11.4. The minimum atomic E-state index is -0.749. The van der Waals surface area contributed by atoms with E-state index in [2.05, 4.69) is 0 Å². The highest BCUT2D eigenvalue weighted by Crippen LogP contribution is 2.30. The fraction of sp³-hybridized carbons (Fsp3) is 0.435. The van der Waals surface area contributed by atoms with Crippen LogP contribution in [0.1, 0.15) is 30.9 Å². The summed E-state index contributed by atoms with van der Waals surface area (Å²) in [5.74, 6) is 1.41. The smallest absolute Gasteiger partial charge is 0.320 e. The number of hydrogen-bond acceptors (Lipinski definition) is 5. The molecule has 0 aromatic heterocycles. The summed E-state index contributed by atoms with van der Waals surface area (Å²) < 4.78 is 17.3. The average molecular weight is 399 g/mol. The molecule has 156 valence electrons. The molecule has 1 saturated heterocycles. The molecule has 1 N–H and O–H groups in total. The van der Waals surface area contributed by atoms with Gasteiger partial charge in [-0.3, -0.25) is 9.69 Å². The molecule has 2 aromatic carbocycles. The lowest BCUT2D eigenvalue weighted by Crippen LogP contribution is -2.35. The standard InChI is InChI=1S/C23H29NO5/c1-3-27-22-15-18(16-24-12-4-5-20(24)23(25)26)8-11-21(22)29-14-13-28-19-9-6-17(2)7-10-19/h6-11,15,20H,3-5,12-14,16H2,1-2H3,(H,25,26)/t20-/m1/s1. The maximum absolute atomic E-state index is 11.4. The number of aliphatic carboxylic acids is 1. The lowest BCUT2D eigenvalue weighted by atomic mass is 10.1. The summed E-state index contributed by atoms with van der Waals surface area (Å²) in [5.41, 5.74) is 2.21. The van der Waals surface area contributed by atoms with Crippen LogP contribution < -0.4 is 14.2 Å². The summed E-state index contributed by atoms with van der Waals surface area (Å²) in [7, 11) is 0. The predicted molar refractivity (Wildman–Crippen MR) is 111 cm³/mol. The minimum Gasteiger partial charge on any atom is -0.490 e. The Morgan fingerprint density at radius 3 is 2.55 bits per heavy atom. The minimum absolute atomic E-state index is 0.402. The molecule has 29 heavy (non-hydrogen) atoms. The molecule has 1 fully saturated rings. The zero-order chi connectivity index (χ0) is 20.6. The lowest BCUT2D eigenvalue weighted by Gasteiger charge is -2.21. The molecule has 1 aliphatic rings. The Bertz CT molecular complexity index is 805. The zero-order valence-corrected chi connectivity index (χ0v) is 17.1. The molecular weight excluding hydrogens is 370 g/mol. The zero-order valence-electron chi connectivity index (χ0n) is 17.1. The van der Waals surface area contributed by atoms with Crippen molar-refractivity contribution in [3.8, 4) is 17.2 Å². The molecule has 0 unspecified atom stereocenters. The van der Waals surface area contributed by atoms with E-state index < -0.39 is 12.0 Å². The van der Waals surface area contributed by atoms with Gasteiger partial charge in [0.2, 0.25) is 0 Å². The van der Waals surface area contributed by atoms with E-state index in [-0.39, 0.29) is 0 Å². The molecule has 6 heteroatoms. The number of rotatable bonds is 10. The van der Waals surface area contributed by atoms with Crippen LogP contribution >= 0.6 is 0 Å². The SMILES string of the molecule is CCOc1cc(CN2CCC[C@@H]2C(=O)O)ccc1OCCOc1ccc(C)cc1. The van der Waals surface area contributed by atoms with Gasteiger partial charge in [0.05, 0.1) is 6.61 Å². The normalized spacial score (nSPS) is 16.6. The summed E-state index contributed by atoms with van der Waals surface area (Å²) >= 11 is 0. The van der Waals surface area contributed by atoms with Gasteiger partial charge >= 0.3 is 5.97 Å². The number of likely N-dealkylation sites (tertiary alicyclic amines) is 1. The number of aryl methyl sites for hydroxylation is 1. The Hall–Kier alpha value is -2.73. The van der Waals surface area contributed by atoms with Gasteiger partial charge in [0.1, 0.15) is 25.0 Å². The average Bonchev–Trinajstić information content (AvgIpc) is 3.17. The van der Waals surface area contributed by atoms with Crippen molar-refractivity contribution in [2.45, 2.75) is 39.3 Å². The van der Waals surface area contributed by atoms with Gasteiger partial charge in [-0.25, -0.2) is 0 Å². The van der Waals surface area contributed by atoms with E-state index in [4.69, 9.17) is 14.2 Å². The van der Waals surface area contributed by atoms with E-state index in [0.29, 0.717) is 44.3 Å². The first kappa shape index (κ1) is 21.0. The predicted octanol–water partition coefficient (Wildman–Crippen LogP) is 3.90. The highest BCUT2D eigenvalue weighted by molar-refractivity contribution is 5.73. The van der Waals surface area contributed by atoms with Crippen molar-refractivity contribution in [2.24, 2.45) is 0 Å². The van der Waals surface area contributed by atoms with Gasteiger partial charge in [-0.05, 0) is 63.1 Å². The molecule has 1 atom stereocenters. The first-order valence-electron chi connectivity index (χ1n) is 10.1. The molecule has 0 saturated carbocycles. The number of ether oxygens (including phenoxy) is 3. The second kappa shape index (κ2) is 10.2. The van der Waals surface area contributed by atoms with Gasteiger partial charge in [0.25, 0.3) is 0 Å². The fourth-order valence-electron chi connectivity index (χ4n) is 3.51. The number of hydrogen-bond donors (Lipinski definition) is 1. The summed E-state index contributed by atoms with van der Waals surface area (Å²) in [6.45, 7) is 6.73. The third kappa shape index (κ3) is 5.87. The van der Waals surface area contributed by atoms with Gasteiger partial charge in [-0.15, -0.1) is 0 Å². The second-order valence-electron chi connectivity index (χ2n) is 7.19. The fourth-order valence-corrected chi connectivity index (χ4v) is 3.51. The monoisotopic (exact) mass is 399 g/mol. The Kier molecular flexibility index (Phi) is 7.36. The molecule has 0 amide bonds. The van der Waals surface area contributed by atoms with Crippen molar-refractivity contribution in [1.29, 1.82) is 0 Å². The molecule has 0 spiro atoms. The number of nitrogens with zero attached hydrogens (tertiary/aromatic N) is 1. The van der Waals surface area contributed by atoms with Crippen LogP contribution in [0, 0.1) is 6.92 Å². The number of carbonyl (C=O) groups is 1. The molecule has 0 radical (unpaired) electrons. The van der Waals surface area contributed by atoms with Gasteiger partial charge in [0.15, 0.2) is 11.5 Å². The molecule has 6 nitrogen and oxygen atoms in total. The van der Waals surface area contributed by atoms with Crippen molar-refractivity contribution >= 4 is 5.97 Å². The Morgan fingerprint density at radius 2 is 1.83 bits per heavy atom. The Balaban J connectivity index is 1.57. The number of carboxylic acids is 1. The first-order chi connectivity index (χ1) is 14.1. The van der Waals surface area contributed by atoms with E-state index in [0.717, 1.165) is 24.3 Å². The van der Waals surface area contributed by atoms with Crippen LogP contribution in [0.2, 0.25) is 0 Å². The van der Waals surface area contributed by atoms with Crippen molar-refractivity contribution < 1.29 is 24.1 Å². The highest BCUT2D eigenvalue weighted by Gasteiger charge is 2.30.